The van der Waals surface area contributed by atoms with Crippen molar-refractivity contribution in [1.29, 1.82) is 0 Å². The zero-order valence-corrected chi connectivity index (χ0v) is 17.7. The van der Waals surface area contributed by atoms with Gasteiger partial charge in [-0.15, -0.1) is 0 Å². The fraction of sp³-hybridized carbons (Fsp3) is 0.316. The second-order valence-corrected chi connectivity index (χ2v) is 8.88. The van der Waals surface area contributed by atoms with Crippen molar-refractivity contribution in [2.24, 2.45) is 0 Å². The molecule has 2 aromatic carbocycles. The number of hydrogen-bond donors (Lipinski definition) is 1. The SMILES string of the molecule is C[C@H](Oc1ccc(S(=O)(=O)Nc2ccc(Br)cc2)cc1)C(=O)N1CCOCC1. The molecule has 7 nitrogen and oxygen atoms in total. The second-order valence-electron chi connectivity index (χ2n) is 6.28. The molecule has 1 saturated heterocycles. The summed E-state index contributed by atoms with van der Waals surface area (Å²) in [7, 11) is -3.71. The summed E-state index contributed by atoms with van der Waals surface area (Å²) in [6.45, 7) is 3.82. The van der Waals surface area contributed by atoms with Crippen LogP contribution in [0.4, 0.5) is 5.69 Å². The average molecular weight is 469 g/mol. The standard InChI is InChI=1S/C19H21BrN2O5S/c1-14(19(23)22-10-12-26-13-11-22)27-17-6-8-18(9-7-17)28(24,25)21-16-4-2-15(20)3-5-16/h2-9,14,21H,10-13H2,1H3/t14-/m0/s1. The summed E-state index contributed by atoms with van der Waals surface area (Å²) >= 11 is 3.31. The van der Waals surface area contributed by atoms with Crippen LogP contribution in [-0.4, -0.2) is 51.6 Å². The van der Waals surface area contributed by atoms with Gasteiger partial charge in [-0.3, -0.25) is 9.52 Å². The van der Waals surface area contributed by atoms with Gasteiger partial charge in [0.1, 0.15) is 5.75 Å². The van der Waals surface area contributed by atoms with Crippen LogP contribution >= 0.6 is 15.9 Å². The van der Waals surface area contributed by atoms with Crippen molar-refractivity contribution in [2.75, 3.05) is 31.0 Å². The molecule has 0 aliphatic carbocycles. The third kappa shape index (κ3) is 5.24. The minimum atomic E-state index is -3.71. The maximum absolute atomic E-state index is 12.5. The summed E-state index contributed by atoms with van der Waals surface area (Å²) in [4.78, 5) is 14.2. The molecule has 28 heavy (non-hydrogen) atoms. The van der Waals surface area contributed by atoms with Gasteiger partial charge in [-0.05, 0) is 55.5 Å². The number of anilines is 1. The highest BCUT2D eigenvalue weighted by Gasteiger charge is 2.24. The Morgan fingerprint density at radius 3 is 2.32 bits per heavy atom. The predicted octanol–water partition coefficient (Wildman–Crippen LogP) is 2.88. The number of halogens is 1. The zero-order chi connectivity index (χ0) is 20.1. The van der Waals surface area contributed by atoms with E-state index < -0.39 is 16.1 Å². The van der Waals surface area contributed by atoms with E-state index in [1.54, 1.807) is 48.2 Å². The minimum absolute atomic E-state index is 0.106. The normalized spacial score (nSPS) is 15.7. The molecule has 1 atom stereocenters. The largest absolute Gasteiger partial charge is 0.481 e. The van der Waals surface area contributed by atoms with Gasteiger partial charge in [-0.2, -0.15) is 0 Å². The van der Waals surface area contributed by atoms with Crippen LogP contribution in [0.3, 0.4) is 0 Å². The maximum atomic E-state index is 12.5. The van der Waals surface area contributed by atoms with Gasteiger partial charge in [0, 0.05) is 23.2 Å². The van der Waals surface area contributed by atoms with Gasteiger partial charge in [0.25, 0.3) is 15.9 Å². The molecular weight excluding hydrogens is 448 g/mol. The van der Waals surface area contributed by atoms with Gasteiger partial charge >= 0.3 is 0 Å². The van der Waals surface area contributed by atoms with E-state index in [4.69, 9.17) is 9.47 Å². The summed E-state index contributed by atoms with van der Waals surface area (Å²) in [6, 6.07) is 12.8. The Kier molecular flexibility index (Phi) is 6.58. The smallest absolute Gasteiger partial charge is 0.263 e. The van der Waals surface area contributed by atoms with Gasteiger partial charge in [-0.1, -0.05) is 15.9 Å². The molecule has 1 aliphatic heterocycles. The molecule has 1 N–H and O–H groups in total. The number of morpholine rings is 1. The molecular formula is C19H21BrN2O5S. The van der Waals surface area contributed by atoms with Crippen LogP contribution in [0.2, 0.25) is 0 Å². The Balaban J connectivity index is 1.63. The maximum Gasteiger partial charge on any atom is 0.263 e. The third-order valence-corrected chi connectivity index (χ3v) is 6.14. The Morgan fingerprint density at radius 1 is 1.11 bits per heavy atom. The lowest BCUT2D eigenvalue weighted by Gasteiger charge is -2.29. The van der Waals surface area contributed by atoms with Crippen molar-refractivity contribution in [3.05, 3.63) is 53.0 Å². The van der Waals surface area contributed by atoms with Crippen molar-refractivity contribution >= 4 is 37.5 Å². The van der Waals surface area contributed by atoms with Crippen LogP contribution in [0.5, 0.6) is 5.75 Å². The van der Waals surface area contributed by atoms with Gasteiger partial charge in [0.15, 0.2) is 6.10 Å². The lowest BCUT2D eigenvalue weighted by atomic mass is 10.3. The Labute approximate surface area is 172 Å². The van der Waals surface area contributed by atoms with E-state index in [0.717, 1.165) is 4.47 Å². The molecule has 0 saturated carbocycles. The molecule has 9 heteroatoms. The summed E-state index contributed by atoms with van der Waals surface area (Å²) in [5.41, 5.74) is 0.466. The van der Waals surface area contributed by atoms with Crippen LogP contribution in [0, 0.1) is 0 Å². The van der Waals surface area contributed by atoms with Crippen molar-refractivity contribution in [3.8, 4) is 5.75 Å². The van der Waals surface area contributed by atoms with E-state index in [-0.39, 0.29) is 10.8 Å². The Bertz CT molecular complexity index is 910. The molecule has 1 aliphatic rings. The predicted molar refractivity (Wildman–Crippen MR) is 109 cm³/mol. The number of hydrogen-bond acceptors (Lipinski definition) is 5. The zero-order valence-electron chi connectivity index (χ0n) is 15.3. The highest BCUT2D eigenvalue weighted by molar-refractivity contribution is 9.10. The first-order chi connectivity index (χ1) is 13.3. The first kappa shape index (κ1) is 20.6. The molecule has 2 aromatic rings. The number of benzene rings is 2. The fourth-order valence-corrected chi connectivity index (χ4v) is 4.05. The van der Waals surface area contributed by atoms with Gasteiger partial charge < -0.3 is 14.4 Å². The topological polar surface area (TPSA) is 84.9 Å². The molecule has 1 heterocycles. The van der Waals surface area contributed by atoms with Gasteiger partial charge in [0.05, 0.1) is 18.1 Å². The van der Waals surface area contributed by atoms with Crippen LogP contribution < -0.4 is 9.46 Å². The molecule has 1 amide bonds. The molecule has 3 rings (SSSR count). The van der Waals surface area contributed by atoms with Crippen LogP contribution in [0.25, 0.3) is 0 Å². The van der Waals surface area contributed by atoms with Crippen LogP contribution in [-0.2, 0) is 19.6 Å². The van der Waals surface area contributed by atoms with E-state index in [0.29, 0.717) is 37.7 Å². The lowest BCUT2D eigenvalue weighted by molar-refractivity contribution is -0.142. The summed E-state index contributed by atoms with van der Waals surface area (Å²) in [5, 5.41) is 0. The number of sulfonamides is 1. The highest BCUT2D eigenvalue weighted by atomic mass is 79.9. The van der Waals surface area contributed by atoms with E-state index in [1.807, 2.05) is 0 Å². The molecule has 0 aromatic heterocycles. The number of ether oxygens (including phenoxy) is 2. The Morgan fingerprint density at radius 2 is 1.71 bits per heavy atom. The molecule has 150 valence electrons. The third-order valence-electron chi connectivity index (χ3n) is 4.21. The average Bonchev–Trinajstić information content (AvgIpc) is 2.70. The summed E-state index contributed by atoms with van der Waals surface area (Å²) in [6.07, 6.45) is -0.665. The highest BCUT2D eigenvalue weighted by Crippen LogP contribution is 2.21. The minimum Gasteiger partial charge on any atom is -0.481 e. The van der Waals surface area contributed by atoms with Crippen LogP contribution in [0.15, 0.2) is 57.9 Å². The van der Waals surface area contributed by atoms with Crippen molar-refractivity contribution in [1.82, 2.24) is 4.90 Å². The van der Waals surface area contributed by atoms with E-state index in [2.05, 4.69) is 20.7 Å². The summed E-state index contributed by atoms with van der Waals surface area (Å²) in [5.74, 6) is 0.314. The molecule has 0 bridgehead atoms. The van der Waals surface area contributed by atoms with Crippen molar-refractivity contribution < 1.29 is 22.7 Å². The molecule has 0 radical (unpaired) electrons. The number of carbonyl (C=O) groups excluding carboxylic acids is 1. The van der Waals surface area contributed by atoms with E-state index in [9.17, 15) is 13.2 Å². The van der Waals surface area contributed by atoms with Gasteiger partial charge in [0.2, 0.25) is 0 Å². The van der Waals surface area contributed by atoms with Crippen molar-refractivity contribution in [2.45, 2.75) is 17.9 Å². The first-order valence-electron chi connectivity index (χ1n) is 8.77. The number of nitrogens with one attached hydrogen (secondary N) is 1. The quantitative estimate of drug-likeness (QED) is 0.704. The molecule has 0 unspecified atom stereocenters. The van der Waals surface area contributed by atoms with E-state index in [1.165, 1.54) is 12.1 Å². The molecule has 1 fully saturated rings. The number of carbonyl (C=O) groups is 1. The van der Waals surface area contributed by atoms with Crippen molar-refractivity contribution in [3.63, 3.8) is 0 Å². The monoisotopic (exact) mass is 468 g/mol. The van der Waals surface area contributed by atoms with Gasteiger partial charge in [-0.25, -0.2) is 8.42 Å². The second kappa shape index (κ2) is 8.93. The summed E-state index contributed by atoms with van der Waals surface area (Å²) < 4.78 is 39.3. The number of nitrogens with zero attached hydrogens (tertiary/aromatic N) is 1. The fourth-order valence-electron chi connectivity index (χ4n) is 2.72. The lowest BCUT2D eigenvalue weighted by Crippen LogP contribution is -2.46. The van der Waals surface area contributed by atoms with E-state index >= 15 is 0 Å². The number of amides is 1. The molecule has 0 spiro atoms. The van der Waals surface area contributed by atoms with Crippen LogP contribution in [0.1, 0.15) is 6.92 Å². The first-order valence-corrected chi connectivity index (χ1v) is 11.0. The number of rotatable bonds is 6. The Hall–Kier alpha value is -2.10.